The number of nitrogens with one attached hydrogen (secondary N) is 1. The number of fused-ring (bicyclic) bond motifs is 2. The van der Waals surface area contributed by atoms with Crippen LogP contribution < -0.4 is 5.32 Å². The van der Waals surface area contributed by atoms with E-state index in [-0.39, 0.29) is 0 Å². The van der Waals surface area contributed by atoms with Crippen molar-refractivity contribution in [3.8, 4) is 0 Å². The number of likely N-dealkylation sites (N-methyl/N-ethyl adjacent to an activating group) is 1. The molecule has 13 heavy (non-hydrogen) atoms. The molecule has 0 aromatic rings. The molecule has 0 bridgehead atoms. The monoisotopic (exact) mass is 181 g/mol. The Bertz CT molecular complexity index is 212. The summed E-state index contributed by atoms with van der Waals surface area (Å²) in [6.45, 7) is 6.26. The zero-order valence-corrected chi connectivity index (χ0v) is 8.42. The molecule has 3 aliphatic rings. The van der Waals surface area contributed by atoms with E-state index in [1.165, 1.54) is 45.6 Å². The lowest BCUT2D eigenvalue weighted by Crippen LogP contribution is -2.65. The molecule has 1 atom stereocenters. The lowest BCUT2D eigenvalue weighted by molar-refractivity contribution is 0.0179. The Labute approximate surface area is 80.1 Å². The Morgan fingerprint density at radius 3 is 2.92 bits per heavy atom. The predicted molar refractivity (Wildman–Crippen MR) is 52.8 cm³/mol. The van der Waals surface area contributed by atoms with Crippen molar-refractivity contribution in [1.82, 2.24) is 15.1 Å². The molecule has 0 radical (unpaired) electrons. The summed E-state index contributed by atoms with van der Waals surface area (Å²) in [4.78, 5) is 5.24. The van der Waals surface area contributed by atoms with Crippen LogP contribution in [0.1, 0.15) is 12.8 Å². The Morgan fingerprint density at radius 2 is 2.15 bits per heavy atom. The molecule has 1 unspecified atom stereocenters. The molecule has 3 fully saturated rings. The van der Waals surface area contributed by atoms with Crippen LogP contribution in [0.15, 0.2) is 0 Å². The number of nitrogens with zero attached hydrogens (tertiary/aromatic N) is 2. The molecule has 2 saturated heterocycles. The van der Waals surface area contributed by atoms with E-state index in [0.29, 0.717) is 5.54 Å². The first-order chi connectivity index (χ1) is 6.30. The first-order valence-corrected chi connectivity index (χ1v) is 5.46. The molecule has 2 heterocycles. The van der Waals surface area contributed by atoms with E-state index in [1.807, 2.05) is 0 Å². The maximum absolute atomic E-state index is 3.59. The van der Waals surface area contributed by atoms with Crippen molar-refractivity contribution < 1.29 is 0 Å². The quantitative estimate of drug-likeness (QED) is 0.555. The molecule has 74 valence electrons. The van der Waals surface area contributed by atoms with Gasteiger partial charge in [-0.05, 0) is 19.9 Å². The van der Waals surface area contributed by atoms with Gasteiger partial charge < -0.3 is 10.2 Å². The van der Waals surface area contributed by atoms with Gasteiger partial charge in [0.1, 0.15) is 0 Å². The van der Waals surface area contributed by atoms with Gasteiger partial charge in [-0.15, -0.1) is 0 Å². The van der Waals surface area contributed by atoms with Crippen LogP contribution in [0.3, 0.4) is 0 Å². The van der Waals surface area contributed by atoms with Gasteiger partial charge in [-0.3, -0.25) is 4.90 Å². The minimum absolute atomic E-state index is 0.601. The predicted octanol–water partition coefficient (Wildman–Crippen LogP) is -0.262. The average molecular weight is 181 g/mol. The van der Waals surface area contributed by atoms with E-state index in [1.54, 1.807) is 0 Å². The van der Waals surface area contributed by atoms with Crippen molar-refractivity contribution in [2.45, 2.75) is 24.4 Å². The van der Waals surface area contributed by atoms with E-state index >= 15 is 0 Å². The Hall–Kier alpha value is -0.120. The van der Waals surface area contributed by atoms with Gasteiger partial charge in [0, 0.05) is 44.3 Å². The molecule has 3 rings (SSSR count). The van der Waals surface area contributed by atoms with E-state index in [4.69, 9.17) is 0 Å². The minimum atomic E-state index is 0.601. The van der Waals surface area contributed by atoms with Crippen molar-refractivity contribution in [3.63, 3.8) is 0 Å². The highest BCUT2D eigenvalue weighted by molar-refractivity contribution is 5.11. The summed E-state index contributed by atoms with van der Waals surface area (Å²) in [7, 11) is 2.24. The number of hydrogen-bond acceptors (Lipinski definition) is 3. The fourth-order valence-electron chi connectivity index (χ4n) is 2.99. The maximum atomic E-state index is 3.59. The van der Waals surface area contributed by atoms with Gasteiger partial charge >= 0.3 is 0 Å². The van der Waals surface area contributed by atoms with Crippen molar-refractivity contribution in [2.24, 2.45) is 0 Å². The van der Waals surface area contributed by atoms with Crippen LogP contribution >= 0.6 is 0 Å². The molecule has 1 saturated carbocycles. The van der Waals surface area contributed by atoms with Crippen LogP contribution in [0, 0.1) is 0 Å². The molecule has 1 spiro atoms. The van der Waals surface area contributed by atoms with Crippen LogP contribution in [0.2, 0.25) is 0 Å². The van der Waals surface area contributed by atoms with Crippen molar-refractivity contribution in [1.29, 1.82) is 0 Å². The van der Waals surface area contributed by atoms with Crippen LogP contribution in [0.5, 0.6) is 0 Å². The average Bonchev–Trinajstić information content (AvgIpc) is 2.86. The van der Waals surface area contributed by atoms with Crippen LogP contribution in [0.4, 0.5) is 0 Å². The number of rotatable bonds is 0. The zero-order valence-electron chi connectivity index (χ0n) is 8.42. The molecule has 0 aromatic carbocycles. The second kappa shape index (κ2) is 2.69. The summed E-state index contributed by atoms with van der Waals surface area (Å²) < 4.78 is 0. The Balaban J connectivity index is 1.77. The molecule has 1 N–H and O–H groups in total. The van der Waals surface area contributed by atoms with Crippen LogP contribution in [0.25, 0.3) is 0 Å². The van der Waals surface area contributed by atoms with Gasteiger partial charge in [-0.25, -0.2) is 0 Å². The molecule has 1 aliphatic carbocycles. The SMILES string of the molecule is CN1CCN2C(CNCC23CC3)C1. The summed E-state index contributed by atoms with van der Waals surface area (Å²) >= 11 is 0. The van der Waals surface area contributed by atoms with Gasteiger partial charge in [-0.2, -0.15) is 0 Å². The van der Waals surface area contributed by atoms with E-state index in [9.17, 15) is 0 Å². The molecule has 2 aliphatic heterocycles. The molecular weight excluding hydrogens is 162 g/mol. The Kier molecular flexibility index (Phi) is 1.70. The van der Waals surface area contributed by atoms with E-state index < -0.39 is 0 Å². The fourth-order valence-corrected chi connectivity index (χ4v) is 2.99. The van der Waals surface area contributed by atoms with Crippen LogP contribution in [-0.2, 0) is 0 Å². The number of hydrogen-bond donors (Lipinski definition) is 1. The normalized spacial score (nSPS) is 39.0. The van der Waals surface area contributed by atoms with E-state index in [0.717, 1.165) is 6.04 Å². The van der Waals surface area contributed by atoms with Crippen molar-refractivity contribution >= 4 is 0 Å². The first-order valence-electron chi connectivity index (χ1n) is 5.46. The van der Waals surface area contributed by atoms with E-state index in [2.05, 4.69) is 22.2 Å². The van der Waals surface area contributed by atoms with Gasteiger partial charge in [0.15, 0.2) is 0 Å². The second-order valence-electron chi connectivity index (χ2n) is 4.96. The first kappa shape index (κ1) is 8.21. The van der Waals surface area contributed by atoms with Crippen molar-refractivity contribution in [3.05, 3.63) is 0 Å². The Morgan fingerprint density at radius 1 is 1.31 bits per heavy atom. The lowest BCUT2D eigenvalue weighted by atomic mass is 10.0. The molecule has 3 nitrogen and oxygen atoms in total. The van der Waals surface area contributed by atoms with Gasteiger partial charge in [0.2, 0.25) is 0 Å². The maximum Gasteiger partial charge on any atom is 0.0354 e. The largest absolute Gasteiger partial charge is 0.313 e. The highest BCUT2D eigenvalue weighted by Crippen LogP contribution is 2.44. The fraction of sp³-hybridized carbons (Fsp3) is 1.00. The second-order valence-corrected chi connectivity index (χ2v) is 4.96. The summed E-state index contributed by atoms with van der Waals surface area (Å²) in [6, 6.07) is 0.787. The third-order valence-corrected chi connectivity index (χ3v) is 3.96. The van der Waals surface area contributed by atoms with Gasteiger partial charge in [0.25, 0.3) is 0 Å². The molecule has 3 heteroatoms. The zero-order chi connectivity index (χ0) is 8.89. The highest BCUT2D eigenvalue weighted by atomic mass is 15.4. The molecule has 0 amide bonds. The highest BCUT2D eigenvalue weighted by Gasteiger charge is 2.52. The standard InChI is InChI=1S/C10H19N3/c1-12-4-5-13-9(7-12)6-11-8-10(13)2-3-10/h9,11H,2-8H2,1H3. The third kappa shape index (κ3) is 1.22. The minimum Gasteiger partial charge on any atom is -0.313 e. The summed E-state index contributed by atoms with van der Waals surface area (Å²) in [6.07, 6.45) is 2.86. The molecule has 0 aromatic heterocycles. The lowest BCUT2D eigenvalue weighted by Gasteiger charge is -2.48. The van der Waals surface area contributed by atoms with Gasteiger partial charge in [-0.1, -0.05) is 0 Å². The molecular formula is C10H19N3. The summed E-state index contributed by atoms with van der Waals surface area (Å²) in [5, 5.41) is 3.59. The summed E-state index contributed by atoms with van der Waals surface area (Å²) in [5.41, 5.74) is 0.601. The summed E-state index contributed by atoms with van der Waals surface area (Å²) in [5.74, 6) is 0. The number of piperazine rings is 2. The van der Waals surface area contributed by atoms with Gasteiger partial charge in [0.05, 0.1) is 0 Å². The topological polar surface area (TPSA) is 18.5 Å². The van der Waals surface area contributed by atoms with Crippen LogP contribution in [-0.4, -0.2) is 61.2 Å². The third-order valence-electron chi connectivity index (χ3n) is 3.96. The smallest absolute Gasteiger partial charge is 0.0354 e. The van der Waals surface area contributed by atoms with Crippen molar-refractivity contribution in [2.75, 3.05) is 39.8 Å².